The van der Waals surface area contributed by atoms with Gasteiger partial charge in [0.25, 0.3) is 5.91 Å². The minimum atomic E-state index is -0.104. The number of aromatic nitrogens is 1. The number of nitrogens with one attached hydrogen (secondary N) is 2. The number of benzene rings is 1. The van der Waals surface area contributed by atoms with Gasteiger partial charge < -0.3 is 10.0 Å². The van der Waals surface area contributed by atoms with Gasteiger partial charge in [0.1, 0.15) is 0 Å². The van der Waals surface area contributed by atoms with Crippen LogP contribution in [-0.4, -0.2) is 17.1 Å². The summed E-state index contributed by atoms with van der Waals surface area (Å²) in [6.45, 7) is 1.95. The fraction of sp³-hybridized carbons (Fsp3) is 0.111. The number of carbonyl (C=O) groups excluding carboxylic acids is 1. The molecule has 0 saturated heterocycles. The molecule has 0 aliphatic heterocycles. The number of thiophene rings is 1. The van der Waals surface area contributed by atoms with E-state index in [1.165, 1.54) is 23.3 Å². The molecular weight excluding hydrogens is 338 g/mol. The number of pyridine rings is 1. The minimum Gasteiger partial charge on any atom is -0.330 e. The quantitative estimate of drug-likeness (QED) is 0.628. The molecular formula is C18H17N3OS2. The van der Waals surface area contributed by atoms with Crippen LogP contribution in [0.3, 0.4) is 0 Å². The van der Waals surface area contributed by atoms with Crippen LogP contribution in [0.4, 0.5) is 11.4 Å². The van der Waals surface area contributed by atoms with Crippen molar-refractivity contribution in [3.8, 4) is 11.1 Å². The van der Waals surface area contributed by atoms with Crippen LogP contribution in [0.2, 0.25) is 0 Å². The van der Waals surface area contributed by atoms with E-state index in [9.17, 15) is 4.79 Å². The first kappa shape index (κ1) is 16.5. The van der Waals surface area contributed by atoms with E-state index in [0.717, 1.165) is 28.2 Å². The summed E-state index contributed by atoms with van der Waals surface area (Å²) < 4.78 is 3.15. The van der Waals surface area contributed by atoms with Gasteiger partial charge in [-0.05, 0) is 48.2 Å². The number of hydrogen-bond acceptors (Lipinski definition) is 5. The molecule has 0 aliphatic carbocycles. The Bertz CT molecular complexity index is 843. The largest absolute Gasteiger partial charge is 0.330 e. The average Bonchev–Trinajstić information content (AvgIpc) is 3.06. The molecule has 1 aromatic carbocycles. The Labute approximate surface area is 149 Å². The molecule has 3 aromatic rings. The van der Waals surface area contributed by atoms with Gasteiger partial charge in [-0.3, -0.25) is 9.78 Å². The zero-order valence-corrected chi connectivity index (χ0v) is 15.0. The standard InChI is InChI=1S/C18H17N3OS2/c1-12-6-7-13(10-19-12)14-8-17(24-11-14)18(22)20-15-4-3-5-16(9-15)21-23-2/h3-11,21H,1-2H3,(H,20,22). The Morgan fingerprint density at radius 2 is 1.96 bits per heavy atom. The topological polar surface area (TPSA) is 54.0 Å². The van der Waals surface area contributed by atoms with Gasteiger partial charge in [-0.1, -0.05) is 24.1 Å². The molecule has 24 heavy (non-hydrogen) atoms. The molecule has 4 nitrogen and oxygen atoms in total. The molecule has 2 aromatic heterocycles. The van der Waals surface area contributed by atoms with E-state index in [-0.39, 0.29) is 5.91 Å². The number of rotatable bonds is 5. The Kier molecular flexibility index (Phi) is 5.17. The van der Waals surface area contributed by atoms with E-state index in [1.54, 1.807) is 0 Å². The number of hydrogen-bond donors (Lipinski definition) is 2. The van der Waals surface area contributed by atoms with Crippen LogP contribution in [0, 0.1) is 6.92 Å². The fourth-order valence-electron chi connectivity index (χ4n) is 2.22. The highest BCUT2D eigenvalue weighted by atomic mass is 32.2. The predicted molar refractivity (Wildman–Crippen MR) is 104 cm³/mol. The van der Waals surface area contributed by atoms with Gasteiger partial charge in [0, 0.05) is 35.1 Å². The van der Waals surface area contributed by atoms with Crippen molar-refractivity contribution < 1.29 is 4.79 Å². The second kappa shape index (κ2) is 7.51. The number of aryl methyl sites for hydroxylation is 1. The lowest BCUT2D eigenvalue weighted by Crippen LogP contribution is -2.10. The molecule has 2 heterocycles. The zero-order valence-electron chi connectivity index (χ0n) is 13.4. The maximum Gasteiger partial charge on any atom is 0.265 e. The molecule has 2 N–H and O–H groups in total. The summed E-state index contributed by atoms with van der Waals surface area (Å²) in [5, 5.41) is 4.92. The summed E-state index contributed by atoms with van der Waals surface area (Å²) >= 11 is 2.94. The van der Waals surface area contributed by atoms with Gasteiger partial charge in [-0.2, -0.15) is 0 Å². The lowest BCUT2D eigenvalue weighted by Gasteiger charge is -2.06. The molecule has 122 valence electrons. The van der Waals surface area contributed by atoms with Crippen molar-refractivity contribution in [1.29, 1.82) is 0 Å². The van der Waals surface area contributed by atoms with Gasteiger partial charge in [0.05, 0.1) is 4.88 Å². The number of carbonyl (C=O) groups is 1. The lowest BCUT2D eigenvalue weighted by atomic mass is 10.1. The first-order valence-corrected chi connectivity index (χ1v) is 9.48. The minimum absolute atomic E-state index is 0.104. The van der Waals surface area contributed by atoms with Crippen LogP contribution < -0.4 is 10.0 Å². The van der Waals surface area contributed by atoms with Gasteiger partial charge in [-0.15, -0.1) is 11.3 Å². The lowest BCUT2D eigenvalue weighted by molar-refractivity contribution is 0.103. The van der Waals surface area contributed by atoms with Crippen molar-refractivity contribution in [3.63, 3.8) is 0 Å². The van der Waals surface area contributed by atoms with E-state index < -0.39 is 0 Å². The molecule has 0 aliphatic rings. The zero-order chi connectivity index (χ0) is 16.9. The molecule has 0 bridgehead atoms. The Balaban J connectivity index is 1.74. The fourth-order valence-corrected chi connectivity index (χ4v) is 3.39. The van der Waals surface area contributed by atoms with E-state index in [2.05, 4.69) is 15.0 Å². The maximum atomic E-state index is 12.4. The molecule has 6 heteroatoms. The van der Waals surface area contributed by atoms with E-state index in [4.69, 9.17) is 0 Å². The van der Waals surface area contributed by atoms with Crippen LogP contribution in [0.25, 0.3) is 11.1 Å². The van der Waals surface area contributed by atoms with Crippen LogP contribution in [0.5, 0.6) is 0 Å². The summed E-state index contributed by atoms with van der Waals surface area (Å²) in [6, 6.07) is 13.5. The highest BCUT2D eigenvalue weighted by Crippen LogP contribution is 2.26. The molecule has 1 amide bonds. The number of amides is 1. The monoisotopic (exact) mass is 355 g/mol. The van der Waals surface area contributed by atoms with E-state index >= 15 is 0 Å². The predicted octanol–water partition coefficient (Wildman–Crippen LogP) is 5.06. The van der Waals surface area contributed by atoms with Crippen LogP contribution in [0.1, 0.15) is 15.4 Å². The van der Waals surface area contributed by atoms with Crippen LogP contribution in [0.15, 0.2) is 54.0 Å². The van der Waals surface area contributed by atoms with Gasteiger partial charge in [0.2, 0.25) is 0 Å². The van der Waals surface area contributed by atoms with Crippen molar-refractivity contribution in [3.05, 3.63) is 64.6 Å². The van der Waals surface area contributed by atoms with Crippen molar-refractivity contribution in [2.45, 2.75) is 6.92 Å². The Hall–Kier alpha value is -2.31. The summed E-state index contributed by atoms with van der Waals surface area (Å²) in [5.74, 6) is -0.104. The second-order valence-electron chi connectivity index (χ2n) is 5.23. The van der Waals surface area contributed by atoms with Crippen molar-refractivity contribution >= 4 is 40.6 Å². The third-order valence-corrected chi connectivity index (χ3v) is 4.78. The summed E-state index contributed by atoms with van der Waals surface area (Å²) in [5.41, 5.74) is 4.73. The third kappa shape index (κ3) is 3.96. The summed E-state index contributed by atoms with van der Waals surface area (Å²) in [7, 11) is 0. The van der Waals surface area contributed by atoms with E-state index in [1.807, 2.05) is 67.2 Å². The van der Waals surface area contributed by atoms with Gasteiger partial charge in [0.15, 0.2) is 0 Å². The smallest absolute Gasteiger partial charge is 0.265 e. The van der Waals surface area contributed by atoms with Crippen LogP contribution >= 0.6 is 23.3 Å². The van der Waals surface area contributed by atoms with Crippen LogP contribution in [-0.2, 0) is 0 Å². The first-order chi connectivity index (χ1) is 11.7. The number of nitrogens with zero attached hydrogens (tertiary/aromatic N) is 1. The van der Waals surface area contributed by atoms with Crippen molar-refractivity contribution in [1.82, 2.24) is 4.98 Å². The second-order valence-corrected chi connectivity index (χ2v) is 6.75. The van der Waals surface area contributed by atoms with E-state index in [0.29, 0.717) is 4.88 Å². The summed E-state index contributed by atoms with van der Waals surface area (Å²) in [4.78, 5) is 17.4. The normalized spacial score (nSPS) is 10.4. The van der Waals surface area contributed by atoms with Gasteiger partial charge in [-0.25, -0.2) is 0 Å². The number of anilines is 2. The van der Waals surface area contributed by atoms with Crippen molar-refractivity contribution in [2.24, 2.45) is 0 Å². The Morgan fingerprint density at radius 3 is 2.71 bits per heavy atom. The molecule has 3 rings (SSSR count). The Morgan fingerprint density at radius 1 is 1.12 bits per heavy atom. The molecule has 0 spiro atoms. The molecule has 0 saturated carbocycles. The third-order valence-electron chi connectivity index (χ3n) is 3.41. The SMILES string of the molecule is CSNc1cccc(NC(=O)c2cc(-c3ccc(C)nc3)cs2)c1. The first-order valence-electron chi connectivity index (χ1n) is 7.37. The van der Waals surface area contributed by atoms with Gasteiger partial charge >= 0.3 is 0 Å². The van der Waals surface area contributed by atoms with Crippen molar-refractivity contribution in [2.75, 3.05) is 16.3 Å². The molecule has 0 atom stereocenters. The highest BCUT2D eigenvalue weighted by Gasteiger charge is 2.11. The highest BCUT2D eigenvalue weighted by molar-refractivity contribution is 7.99. The maximum absolute atomic E-state index is 12.4. The molecule has 0 radical (unpaired) electrons. The average molecular weight is 355 g/mol. The molecule has 0 unspecified atom stereocenters. The summed E-state index contributed by atoms with van der Waals surface area (Å²) in [6.07, 6.45) is 3.79. The molecule has 0 fully saturated rings.